The van der Waals surface area contributed by atoms with Crippen molar-refractivity contribution >= 4 is 0 Å². The fraction of sp³-hybridized carbons (Fsp3) is 1.00. The zero-order valence-electron chi connectivity index (χ0n) is 7.72. The second kappa shape index (κ2) is 36.4. The first-order valence-corrected chi connectivity index (χ1v) is 4.03. The van der Waals surface area contributed by atoms with E-state index in [0.29, 0.717) is 0 Å². The van der Waals surface area contributed by atoms with Crippen molar-refractivity contribution < 1.29 is 10.5 Å². The van der Waals surface area contributed by atoms with Gasteiger partial charge in [0.05, 0.1) is 0 Å². The predicted molar refractivity (Wildman–Crippen MR) is 46.4 cm³/mol. The molecule has 0 fully saturated rings. The minimum Gasteiger partial charge on any atom is -0.255 e. The second-order valence-corrected chi connectivity index (χ2v) is 2.00. The van der Waals surface area contributed by atoms with Crippen LogP contribution in [0.4, 0.5) is 0 Å². The van der Waals surface area contributed by atoms with Crippen molar-refractivity contribution in [2.45, 2.75) is 53.4 Å². The highest BCUT2D eigenvalue weighted by molar-refractivity contribution is 4.13. The molecule has 0 aliphatic carbocycles. The highest BCUT2D eigenvalue weighted by atomic mass is 17.0. The summed E-state index contributed by atoms with van der Waals surface area (Å²) < 4.78 is 0. The molecule has 0 bridgehead atoms. The summed E-state index contributed by atoms with van der Waals surface area (Å²) in [5.74, 6) is 0. The molecule has 66 valence electrons. The third kappa shape index (κ3) is 103. The van der Waals surface area contributed by atoms with E-state index in [-0.39, 0.29) is 0 Å². The van der Waals surface area contributed by atoms with Crippen LogP contribution in [0.2, 0.25) is 0 Å². The first-order chi connectivity index (χ1) is 4.83. The van der Waals surface area contributed by atoms with Crippen LogP contribution >= 0.6 is 0 Å². The van der Waals surface area contributed by atoms with Gasteiger partial charge in [-0.3, -0.25) is 10.5 Å². The zero-order chi connectivity index (χ0) is 8.83. The van der Waals surface area contributed by atoms with Gasteiger partial charge in [-0.25, -0.2) is 0 Å². The Labute approximate surface area is 64.8 Å². The Morgan fingerprint density at radius 1 is 0.600 bits per heavy atom. The average molecular weight is 150 g/mol. The van der Waals surface area contributed by atoms with E-state index in [4.69, 9.17) is 10.5 Å². The molecular formula is C8H22O2. The third-order valence-electron chi connectivity index (χ3n) is 1.000. The van der Waals surface area contributed by atoms with Gasteiger partial charge in [-0.1, -0.05) is 53.4 Å². The summed E-state index contributed by atoms with van der Waals surface area (Å²) in [6, 6.07) is 0. The Morgan fingerprint density at radius 3 is 0.700 bits per heavy atom. The minimum absolute atomic E-state index is 1.32. The summed E-state index contributed by atoms with van der Waals surface area (Å²) in [5, 5.41) is 12.0. The SMILES string of the molecule is CCCC.CCCC.OO. The van der Waals surface area contributed by atoms with Gasteiger partial charge < -0.3 is 0 Å². The number of unbranched alkanes of at least 4 members (excludes halogenated alkanes) is 2. The maximum absolute atomic E-state index is 6.00. The molecule has 10 heavy (non-hydrogen) atoms. The third-order valence-corrected chi connectivity index (χ3v) is 1.000. The van der Waals surface area contributed by atoms with Crippen LogP contribution in [0.25, 0.3) is 0 Å². The first kappa shape index (κ1) is 16.5. The van der Waals surface area contributed by atoms with E-state index in [2.05, 4.69) is 27.7 Å². The van der Waals surface area contributed by atoms with Crippen molar-refractivity contribution in [3.05, 3.63) is 0 Å². The summed E-state index contributed by atoms with van der Waals surface area (Å²) >= 11 is 0. The molecule has 0 aromatic heterocycles. The van der Waals surface area contributed by atoms with Gasteiger partial charge in [0.1, 0.15) is 0 Å². The Bertz CT molecular complexity index is 15.2. The molecule has 0 aliphatic rings. The Morgan fingerprint density at radius 2 is 0.700 bits per heavy atom. The molecule has 0 unspecified atom stereocenters. The van der Waals surface area contributed by atoms with Gasteiger partial charge in [0.25, 0.3) is 0 Å². The van der Waals surface area contributed by atoms with Crippen molar-refractivity contribution in [1.82, 2.24) is 0 Å². The molecule has 2 N–H and O–H groups in total. The van der Waals surface area contributed by atoms with Gasteiger partial charge in [0, 0.05) is 0 Å². The summed E-state index contributed by atoms with van der Waals surface area (Å²) in [5.41, 5.74) is 0. The highest BCUT2D eigenvalue weighted by Crippen LogP contribution is 1.77. The van der Waals surface area contributed by atoms with Crippen LogP contribution in [0.1, 0.15) is 53.4 Å². The van der Waals surface area contributed by atoms with Crippen LogP contribution in [0.3, 0.4) is 0 Å². The fourth-order valence-electron chi connectivity index (χ4n) is 0. The van der Waals surface area contributed by atoms with Crippen LogP contribution in [0, 0.1) is 0 Å². The average Bonchev–Trinajstić information content (AvgIpc) is 2.08. The monoisotopic (exact) mass is 150 g/mol. The lowest BCUT2D eigenvalue weighted by Gasteiger charge is -1.68. The maximum atomic E-state index is 6.00. The van der Waals surface area contributed by atoms with Gasteiger partial charge in [0.2, 0.25) is 0 Å². The highest BCUT2D eigenvalue weighted by Gasteiger charge is 1.56. The predicted octanol–water partition coefficient (Wildman–Crippen LogP) is 3.63. The zero-order valence-corrected chi connectivity index (χ0v) is 7.72. The Balaban J connectivity index is -0.0000000787. The molecule has 2 heteroatoms. The number of hydrogen-bond donors (Lipinski definition) is 2. The largest absolute Gasteiger partial charge is 0.255 e. The standard InChI is InChI=1S/2C4H10.H2O2/c2*1-3-4-2;1-2/h2*3-4H2,1-2H3;1-2H. The lowest BCUT2D eigenvalue weighted by atomic mass is 10.4. The van der Waals surface area contributed by atoms with Crippen LogP contribution in [-0.4, -0.2) is 10.5 Å². The van der Waals surface area contributed by atoms with Gasteiger partial charge in [0.15, 0.2) is 0 Å². The van der Waals surface area contributed by atoms with E-state index < -0.39 is 0 Å². The quantitative estimate of drug-likeness (QED) is 0.466. The summed E-state index contributed by atoms with van der Waals surface area (Å²) in [6.07, 6.45) is 5.28. The van der Waals surface area contributed by atoms with E-state index in [1.165, 1.54) is 25.7 Å². The molecule has 0 atom stereocenters. The van der Waals surface area contributed by atoms with E-state index in [1.807, 2.05) is 0 Å². The van der Waals surface area contributed by atoms with Gasteiger partial charge in [-0.15, -0.1) is 0 Å². The number of hydrogen-bond acceptors (Lipinski definition) is 2. The van der Waals surface area contributed by atoms with E-state index in [9.17, 15) is 0 Å². The molecule has 0 amide bonds. The van der Waals surface area contributed by atoms with Gasteiger partial charge in [-0.2, -0.15) is 0 Å². The molecule has 0 rings (SSSR count). The summed E-state index contributed by atoms with van der Waals surface area (Å²) in [7, 11) is 0. The van der Waals surface area contributed by atoms with Crippen LogP contribution in [-0.2, 0) is 0 Å². The molecule has 0 saturated carbocycles. The maximum Gasteiger partial charge on any atom is -0.0564 e. The molecule has 2 nitrogen and oxygen atoms in total. The molecule has 0 aromatic rings. The van der Waals surface area contributed by atoms with Crippen LogP contribution in [0.15, 0.2) is 0 Å². The molecule has 0 spiro atoms. The van der Waals surface area contributed by atoms with Crippen LogP contribution in [0.5, 0.6) is 0 Å². The van der Waals surface area contributed by atoms with Crippen molar-refractivity contribution in [2.24, 2.45) is 0 Å². The van der Waals surface area contributed by atoms with Gasteiger partial charge >= 0.3 is 0 Å². The normalized spacial score (nSPS) is 6.60. The molecule has 0 aromatic carbocycles. The lowest BCUT2D eigenvalue weighted by molar-refractivity contribution is -0.176. The molecular weight excluding hydrogens is 128 g/mol. The van der Waals surface area contributed by atoms with E-state index in [0.717, 1.165) is 0 Å². The van der Waals surface area contributed by atoms with Gasteiger partial charge in [-0.05, 0) is 0 Å². The number of rotatable bonds is 2. The summed E-state index contributed by atoms with van der Waals surface area (Å²) in [4.78, 5) is 0. The first-order valence-electron chi connectivity index (χ1n) is 4.03. The molecule has 0 radical (unpaired) electrons. The fourth-order valence-corrected chi connectivity index (χ4v) is 0. The smallest absolute Gasteiger partial charge is 0.0564 e. The Hall–Kier alpha value is -0.0800. The van der Waals surface area contributed by atoms with Crippen molar-refractivity contribution in [3.8, 4) is 0 Å². The summed E-state index contributed by atoms with van der Waals surface area (Å²) in [6.45, 7) is 8.72. The molecule has 0 saturated heterocycles. The Kier molecular flexibility index (Phi) is 60.0. The van der Waals surface area contributed by atoms with E-state index in [1.54, 1.807) is 0 Å². The minimum atomic E-state index is 1.32. The molecule has 0 aliphatic heterocycles. The van der Waals surface area contributed by atoms with Crippen molar-refractivity contribution in [3.63, 3.8) is 0 Å². The van der Waals surface area contributed by atoms with Crippen LogP contribution < -0.4 is 0 Å². The van der Waals surface area contributed by atoms with E-state index >= 15 is 0 Å². The van der Waals surface area contributed by atoms with Crippen molar-refractivity contribution in [1.29, 1.82) is 0 Å². The molecule has 0 heterocycles. The lowest BCUT2D eigenvalue weighted by Crippen LogP contribution is -1.47. The second-order valence-electron chi connectivity index (χ2n) is 2.00. The topological polar surface area (TPSA) is 40.5 Å². The van der Waals surface area contributed by atoms with Crippen molar-refractivity contribution in [2.75, 3.05) is 0 Å².